The van der Waals surface area contributed by atoms with E-state index in [1.807, 2.05) is 0 Å². The second-order valence-electron chi connectivity index (χ2n) is 14.1. The van der Waals surface area contributed by atoms with Crippen molar-refractivity contribution in [2.24, 2.45) is 0 Å². The smallest absolute Gasteiger partial charge is 0.200 e. The first-order chi connectivity index (χ1) is 32.5. The summed E-state index contributed by atoms with van der Waals surface area (Å²) >= 11 is 2.69. The van der Waals surface area contributed by atoms with Crippen LogP contribution in [0.15, 0.2) is 30.3 Å². The number of aromatic amines is 2. The molecule has 5 heterocycles. The van der Waals surface area contributed by atoms with Crippen LogP contribution in [0.3, 0.4) is 0 Å². The van der Waals surface area contributed by atoms with Crippen LogP contribution in [0.4, 0.5) is 87.8 Å². The Bertz CT molecular complexity index is 3410. The van der Waals surface area contributed by atoms with Crippen LogP contribution >= 0.6 is 0 Å². The summed E-state index contributed by atoms with van der Waals surface area (Å²) in [5.41, 5.74) is -11.6. The van der Waals surface area contributed by atoms with E-state index in [1.54, 1.807) is 0 Å². The van der Waals surface area contributed by atoms with Gasteiger partial charge in [-0.3, -0.25) is 0 Å². The Labute approximate surface area is 401 Å². The third-order valence-corrected chi connectivity index (χ3v) is 10.6. The summed E-state index contributed by atoms with van der Waals surface area (Å²) in [7, 11) is 0. The number of nitrogens with zero attached hydrogens (tertiary/aromatic N) is 2. The van der Waals surface area contributed by atoms with Gasteiger partial charge in [-0.25, -0.2) is 75.8 Å². The van der Waals surface area contributed by atoms with E-state index in [0.29, 0.717) is 0 Å². The average molecular weight is 1100 g/mol. The molecule has 369 valence electrons. The number of benzene rings is 4. The molecule has 2 aliphatic heterocycles. The summed E-state index contributed by atoms with van der Waals surface area (Å²) in [5, 5.41) is 0. The number of fused-ring (bicyclic) bond motifs is 8. The minimum absolute atomic E-state index is 0. The molecule has 3 aromatic heterocycles. The summed E-state index contributed by atoms with van der Waals surface area (Å²) in [5.74, 6) is -46.4. The molecule has 7 aromatic rings. The fraction of sp³-hybridized carbons (Fsp3) is 0. The molecule has 0 aliphatic carbocycles. The Hall–Kier alpha value is -6.82. The zero-order chi connectivity index (χ0) is 50.4. The van der Waals surface area contributed by atoms with Gasteiger partial charge < -0.3 is 34.8 Å². The molecule has 2 aliphatic rings. The van der Waals surface area contributed by atoms with E-state index < -0.39 is 188 Å². The average Bonchev–Trinajstić information content (AvgIpc) is 4.19. The van der Waals surface area contributed by atoms with Crippen molar-refractivity contribution in [1.29, 1.82) is 0 Å². The summed E-state index contributed by atoms with van der Waals surface area (Å²) in [6.45, 7) is 0. The number of halogens is 22. The fourth-order valence-electron chi connectivity index (χ4n) is 6.97. The third-order valence-electron chi connectivity index (χ3n) is 10.1. The van der Waals surface area contributed by atoms with Crippen LogP contribution in [0, 0.1) is 116 Å². The third kappa shape index (κ3) is 8.67. The molecule has 71 heavy (non-hydrogen) atoms. The minimum Gasteiger partial charge on any atom is -1.00 e. The molecule has 27 heteroatoms. The number of aromatic nitrogens is 4. The van der Waals surface area contributed by atoms with Crippen LogP contribution in [-0.2, 0) is 16.0 Å². The molecule has 4 nitrogen and oxygen atoms in total. The van der Waals surface area contributed by atoms with E-state index in [2.05, 4.69) is 35.9 Å². The molecule has 9 rings (SSSR count). The molecule has 4 aromatic carbocycles. The monoisotopic (exact) mass is 1100 g/mol. The topological polar surface area (TPSA) is 57.4 Å². The van der Waals surface area contributed by atoms with Gasteiger partial charge in [0.05, 0.1) is 39.5 Å². The molecule has 0 unspecified atom stereocenters. The van der Waals surface area contributed by atoms with Gasteiger partial charge in [0.15, 0.2) is 69.8 Å². The number of nitrogens with one attached hydrogen (secondary N) is 2. The van der Waals surface area contributed by atoms with Gasteiger partial charge in [-0.1, -0.05) is 0 Å². The Morgan fingerprint density at radius 3 is 0.915 bits per heavy atom. The Morgan fingerprint density at radius 2 is 0.563 bits per heavy atom. The van der Waals surface area contributed by atoms with Gasteiger partial charge in [-0.15, -0.1) is 0 Å². The maximum atomic E-state index is 15.6. The molecule has 0 spiro atoms. The van der Waals surface area contributed by atoms with Crippen molar-refractivity contribution in [2.45, 2.75) is 0 Å². The second-order valence-corrected chi connectivity index (χ2v) is 14.6. The molecule has 0 atom stereocenters. The van der Waals surface area contributed by atoms with Crippen LogP contribution in [0.25, 0.3) is 79.8 Å². The summed E-state index contributed by atoms with van der Waals surface area (Å²) in [6.07, 6.45) is 3.82. The van der Waals surface area contributed by atoms with E-state index in [1.165, 1.54) is 12.1 Å². The predicted octanol–water partition coefficient (Wildman–Crippen LogP) is 7.31. The van der Waals surface area contributed by atoms with Crippen molar-refractivity contribution in [3.05, 3.63) is 169 Å². The van der Waals surface area contributed by atoms with E-state index in [0.717, 1.165) is 42.5 Å². The van der Waals surface area contributed by atoms with Gasteiger partial charge in [0.2, 0.25) is 17.5 Å². The molecule has 0 radical (unpaired) electrons. The first kappa shape index (κ1) is 53.5. The fourth-order valence-corrected chi connectivity index (χ4v) is 7.22. The first-order valence-electron chi connectivity index (χ1n) is 18.3. The Kier molecular flexibility index (Phi) is 14.9. The van der Waals surface area contributed by atoms with Crippen molar-refractivity contribution in [2.75, 3.05) is 0 Å². The maximum Gasteiger partial charge on any atom is 0.200 e. The SMILES string of the molecule is Fc1c(F)c(F)[c]([Fe+2])c(F)c1F.Fc1c(F)c(F)c(-c2c3nc(c(-c4c(F)c(F)c(F)c(F)c4F)c4ccc([nH]4)c(-c4c(F)c(F)c(F)c(F)c4F)c4nc(cc5ccc2[nH]5)C=C4)C=C3)c(F)c1F.[Cl-].[Cl-]. The second kappa shape index (κ2) is 19.8. The summed E-state index contributed by atoms with van der Waals surface area (Å²) < 4.78 is 283. The van der Waals surface area contributed by atoms with Gasteiger partial charge in [-0.05, 0) is 54.6 Å². The molecule has 0 amide bonds. The van der Waals surface area contributed by atoms with E-state index in [4.69, 9.17) is 0 Å². The zero-order valence-electron chi connectivity index (χ0n) is 33.3. The van der Waals surface area contributed by atoms with Crippen LogP contribution in [0.1, 0.15) is 22.8 Å². The number of rotatable bonds is 3. The van der Waals surface area contributed by atoms with E-state index >= 15 is 26.3 Å². The van der Waals surface area contributed by atoms with Gasteiger partial charge in [0.25, 0.3) is 0 Å². The van der Waals surface area contributed by atoms with E-state index in [9.17, 15) is 61.5 Å². The van der Waals surface area contributed by atoms with Gasteiger partial charge in [-0.2, -0.15) is 0 Å². The van der Waals surface area contributed by atoms with Crippen molar-refractivity contribution in [3.8, 4) is 33.4 Å². The van der Waals surface area contributed by atoms with Crippen molar-refractivity contribution >= 4 is 50.8 Å². The van der Waals surface area contributed by atoms with Gasteiger partial charge >= 0.3 is 71.5 Å². The van der Waals surface area contributed by atoms with Crippen LogP contribution in [0.5, 0.6) is 0 Å². The predicted molar refractivity (Wildman–Crippen MR) is 200 cm³/mol. The molecular formula is C44H11Cl2F20FeN4. The molecule has 0 fully saturated rings. The molecule has 0 saturated heterocycles. The van der Waals surface area contributed by atoms with Crippen molar-refractivity contribution in [3.63, 3.8) is 0 Å². The Morgan fingerprint density at radius 1 is 0.296 bits per heavy atom. The standard InChI is InChI=1S/C38H11F15N4.C6F5.2ClH.Fe/c39-24-21(25(40)31(46)36(51)30(24)45)18-12-3-1-10(54-12)9-11-2-4-13(55-11)19(22-26(41)32(47)37(52)33(48)27(22)42)15-6-8-17(57-15)20(16-7-5-14(18)56-16)23-28(43)34(49)38(53)35(50)29(23)44;7-2-1-3(8)5(10)6(11)4(2)9;;;/h1-9,54,57H;;2*1H;/q;;;;+2/p-2. The number of hydrogen-bond acceptors (Lipinski definition) is 2. The van der Waals surface area contributed by atoms with Crippen LogP contribution in [-0.4, -0.2) is 19.9 Å². The van der Waals surface area contributed by atoms with Gasteiger partial charge in [0, 0.05) is 38.8 Å². The van der Waals surface area contributed by atoms with Crippen molar-refractivity contribution in [1.82, 2.24) is 19.9 Å². The molecule has 0 saturated carbocycles. The molecule has 2 N–H and O–H groups in total. The molecular weight excluding hydrogens is 1090 g/mol. The summed E-state index contributed by atoms with van der Waals surface area (Å²) in [4.78, 5) is 13.3. The van der Waals surface area contributed by atoms with Crippen molar-refractivity contribution < 1.29 is 129 Å². The summed E-state index contributed by atoms with van der Waals surface area (Å²) in [6, 6.07) is 5.12. The van der Waals surface area contributed by atoms with Gasteiger partial charge in [0.1, 0.15) is 0 Å². The minimum atomic E-state index is -2.60. The van der Waals surface area contributed by atoms with Crippen LogP contribution < -0.4 is 29.3 Å². The molecule has 8 bridgehead atoms. The Balaban J connectivity index is 0.000000518. The van der Waals surface area contributed by atoms with Crippen LogP contribution in [0.2, 0.25) is 0 Å². The maximum absolute atomic E-state index is 15.6. The largest absolute Gasteiger partial charge is 1.00 e. The quantitative estimate of drug-likeness (QED) is 0.0846. The number of H-pyrrole nitrogens is 2. The van der Waals surface area contributed by atoms with E-state index in [-0.39, 0.29) is 36.0 Å². The normalized spacial score (nSPS) is 11.7. The zero-order valence-corrected chi connectivity index (χ0v) is 35.9. The number of hydrogen-bond donors (Lipinski definition) is 2. The first-order valence-corrected chi connectivity index (χ1v) is 18.9.